The summed E-state index contributed by atoms with van der Waals surface area (Å²) >= 11 is 0. The summed E-state index contributed by atoms with van der Waals surface area (Å²) in [6.45, 7) is 5.24. The van der Waals surface area contributed by atoms with Crippen LogP contribution in [0.3, 0.4) is 0 Å². The number of carbonyl (C=O) groups is 1. The van der Waals surface area contributed by atoms with Crippen molar-refractivity contribution >= 4 is 11.9 Å². The molecule has 0 amide bonds. The number of methoxy groups -OCH3 is 3. The Morgan fingerprint density at radius 3 is 2.31 bits per heavy atom. The zero-order valence-corrected chi connectivity index (χ0v) is 21.1. The number of ketones is 1. The highest BCUT2D eigenvalue weighted by Gasteiger charge is 2.34. The van der Waals surface area contributed by atoms with Gasteiger partial charge in [-0.3, -0.25) is 9.69 Å². The third kappa shape index (κ3) is 4.05. The average molecular weight is 488 g/mol. The molecule has 36 heavy (non-hydrogen) atoms. The number of Topliss-reactive ketones (excluding diaryl/α,β-unsaturated/α-hetero) is 1. The van der Waals surface area contributed by atoms with E-state index in [1.54, 1.807) is 39.5 Å². The molecule has 186 valence electrons. The maximum absolute atomic E-state index is 13.4. The highest BCUT2D eigenvalue weighted by Crippen LogP contribution is 2.45. The van der Waals surface area contributed by atoms with E-state index in [4.69, 9.17) is 23.7 Å². The van der Waals surface area contributed by atoms with Crippen LogP contribution >= 0.6 is 0 Å². The Labute approximate surface area is 210 Å². The fourth-order valence-corrected chi connectivity index (χ4v) is 4.79. The van der Waals surface area contributed by atoms with Crippen molar-refractivity contribution in [2.24, 2.45) is 0 Å². The number of benzene rings is 3. The third-order valence-corrected chi connectivity index (χ3v) is 6.78. The van der Waals surface area contributed by atoms with Gasteiger partial charge < -0.3 is 23.7 Å². The maximum Gasteiger partial charge on any atom is 0.231 e. The first-order valence-corrected chi connectivity index (χ1v) is 11.8. The van der Waals surface area contributed by atoms with Crippen molar-refractivity contribution in [3.05, 3.63) is 82.1 Å². The Bertz CT molecular complexity index is 1320. The minimum atomic E-state index is -0.169. The van der Waals surface area contributed by atoms with Gasteiger partial charge in [-0.15, -0.1) is 0 Å². The first-order chi connectivity index (χ1) is 17.4. The minimum Gasteiger partial charge on any atom is -0.493 e. The van der Waals surface area contributed by atoms with Gasteiger partial charge in [0.25, 0.3) is 0 Å². The van der Waals surface area contributed by atoms with Gasteiger partial charge in [-0.2, -0.15) is 0 Å². The van der Waals surface area contributed by atoms with Gasteiger partial charge in [0.05, 0.1) is 26.9 Å². The van der Waals surface area contributed by atoms with Gasteiger partial charge in [0.1, 0.15) is 18.2 Å². The minimum absolute atomic E-state index is 0.169. The molecular weight excluding hydrogens is 458 g/mol. The van der Waals surface area contributed by atoms with Gasteiger partial charge in [-0.25, -0.2) is 0 Å². The summed E-state index contributed by atoms with van der Waals surface area (Å²) in [5.74, 6) is 2.88. The van der Waals surface area contributed by atoms with Crippen molar-refractivity contribution in [3.63, 3.8) is 0 Å². The first-order valence-electron chi connectivity index (χ1n) is 11.8. The van der Waals surface area contributed by atoms with Crippen LogP contribution in [0.2, 0.25) is 0 Å². The molecule has 0 spiro atoms. The second-order valence-corrected chi connectivity index (χ2v) is 8.87. The molecule has 0 saturated carbocycles. The van der Waals surface area contributed by atoms with Gasteiger partial charge >= 0.3 is 0 Å². The molecule has 0 fully saturated rings. The van der Waals surface area contributed by atoms with Crippen LogP contribution in [-0.2, 0) is 6.54 Å². The van der Waals surface area contributed by atoms with E-state index in [9.17, 15) is 4.79 Å². The van der Waals surface area contributed by atoms with Crippen molar-refractivity contribution in [1.82, 2.24) is 4.90 Å². The van der Waals surface area contributed by atoms with Crippen molar-refractivity contribution in [2.75, 3.05) is 28.1 Å². The van der Waals surface area contributed by atoms with Gasteiger partial charge in [0.2, 0.25) is 11.5 Å². The molecule has 1 unspecified atom stereocenters. The second kappa shape index (κ2) is 9.59. The number of hydrogen-bond acceptors (Lipinski definition) is 7. The Hall–Kier alpha value is -3.97. The number of fused-ring (bicyclic) bond motifs is 2. The van der Waals surface area contributed by atoms with E-state index in [1.807, 2.05) is 31.2 Å². The number of allylic oxidation sites excluding steroid dienone is 1. The summed E-state index contributed by atoms with van der Waals surface area (Å²) in [5, 5.41) is 0. The standard InChI is InChI=1S/C29H29NO6/c1-17-27-21(15-30(16-35-27)18(2)20-9-7-6-8-10-20)14-22-26(31)23(36-28(17)22)11-19-12-24(32-3)29(34-5)25(13-19)33-4/h6-14,18H,15-16H2,1-5H3/b23-11-. The van der Waals surface area contributed by atoms with Crippen molar-refractivity contribution in [1.29, 1.82) is 0 Å². The smallest absolute Gasteiger partial charge is 0.231 e. The quantitative estimate of drug-likeness (QED) is 0.422. The van der Waals surface area contributed by atoms with E-state index < -0.39 is 0 Å². The molecule has 0 radical (unpaired) electrons. The average Bonchev–Trinajstić information content (AvgIpc) is 3.22. The first kappa shape index (κ1) is 23.8. The molecule has 0 saturated heterocycles. The third-order valence-electron chi connectivity index (χ3n) is 6.78. The lowest BCUT2D eigenvalue weighted by molar-refractivity contribution is 0.0609. The Balaban J connectivity index is 1.46. The molecule has 0 aromatic heterocycles. The van der Waals surface area contributed by atoms with E-state index in [2.05, 4.69) is 24.0 Å². The van der Waals surface area contributed by atoms with Gasteiger partial charge in [0, 0.05) is 23.7 Å². The van der Waals surface area contributed by atoms with Gasteiger partial charge in [-0.05, 0) is 49.2 Å². The van der Waals surface area contributed by atoms with E-state index in [1.165, 1.54) is 5.56 Å². The molecular formula is C29H29NO6. The van der Waals surface area contributed by atoms with Crippen molar-refractivity contribution in [2.45, 2.75) is 26.4 Å². The molecule has 0 aliphatic carbocycles. The highest BCUT2D eigenvalue weighted by molar-refractivity contribution is 6.15. The summed E-state index contributed by atoms with van der Waals surface area (Å²) in [6, 6.07) is 16.0. The molecule has 2 aliphatic heterocycles. The van der Waals surface area contributed by atoms with Crippen LogP contribution in [0.25, 0.3) is 6.08 Å². The maximum atomic E-state index is 13.4. The largest absolute Gasteiger partial charge is 0.493 e. The fourth-order valence-electron chi connectivity index (χ4n) is 4.79. The summed E-state index contributed by atoms with van der Waals surface area (Å²) in [6.07, 6.45) is 1.69. The van der Waals surface area contributed by atoms with Crippen LogP contribution in [0.15, 0.2) is 54.3 Å². The summed E-state index contributed by atoms with van der Waals surface area (Å²) < 4.78 is 28.5. The fraction of sp³-hybridized carbons (Fsp3) is 0.276. The van der Waals surface area contributed by atoms with E-state index in [0.29, 0.717) is 47.4 Å². The number of rotatable bonds is 6. The molecule has 3 aromatic rings. The van der Waals surface area contributed by atoms with Gasteiger partial charge in [0.15, 0.2) is 17.3 Å². The van der Waals surface area contributed by atoms with Crippen LogP contribution in [0, 0.1) is 6.92 Å². The zero-order valence-electron chi connectivity index (χ0n) is 21.1. The van der Waals surface area contributed by atoms with Crippen LogP contribution in [-0.4, -0.2) is 38.7 Å². The molecule has 5 rings (SSSR count). The van der Waals surface area contributed by atoms with E-state index in [-0.39, 0.29) is 17.6 Å². The van der Waals surface area contributed by atoms with Crippen LogP contribution in [0.4, 0.5) is 0 Å². The molecule has 2 heterocycles. The van der Waals surface area contributed by atoms with Crippen LogP contribution < -0.4 is 23.7 Å². The van der Waals surface area contributed by atoms with E-state index in [0.717, 1.165) is 16.9 Å². The lowest BCUT2D eigenvalue weighted by Crippen LogP contribution is -2.34. The molecule has 1 atom stereocenters. The second-order valence-electron chi connectivity index (χ2n) is 8.87. The molecule has 2 aliphatic rings. The molecule has 0 bridgehead atoms. The molecule has 0 N–H and O–H groups in total. The van der Waals surface area contributed by atoms with Crippen LogP contribution in [0.5, 0.6) is 28.7 Å². The molecule has 7 heteroatoms. The van der Waals surface area contributed by atoms with Crippen molar-refractivity contribution < 1.29 is 28.5 Å². The number of carbonyl (C=O) groups excluding carboxylic acids is 1. The van der Waals surface area contributed by atoms with E-state index >= 15 is 0 Å². The predicted molar refractivity (Wildman–Crippen MR) is 136 cm³/mol. The zero-order chi connectivity index (χ0) is 25.4. The molecule has 3 aromatic carbocycles. The Kier molecular flexibility index (Phi) is 6.33. The number of hydrogen-bond donors (Lipinski definition) is 0. The van der Waals surface area contributed by atoms with Crippen molar-refractivity contribution in [3.8, 4) is 28.7 Å². The SMILES string of the molecule is COc1cc(/C=C2\Oc3c(cc4c(c3C)OCN(C(C)c3ccccc3)C4)C2=O)cc(OC)c1OC. The highest BCUT2D eigenvalue weighted by atomic mass is 16.5. The summed E-state index contributed by atoms with van der Waals surface area (Å²) in [7, 11) is 4.65. The number of nitrogens with zero attached hydrogens (tertiary/aromatic N) is 1. The monoisotopic (exact) mass is 487 g/mol. The number of ether oxygens (including phenoxy) is 5. The van der Waals surface area contributed by atoms with Gasteiger partial charge in [-0.1, -0.05) is 30.3 Å². The van der Waals surface area contributed by atoms with Crippen LogP contribution in [0.1, 0.15) is 45.6 Å². The Morgan fingerprint density at radius 2 is 1.67 bits per heavy atom. The normalized spacial score (nSPS) is 16.6. The lowest BCUT2D eigenvalue weighted by Gasteiger charge is -2.34. The predicted octanol–water partition coefficient (Wildman–Crippen LogP) is 5.55. The summed E-state index contributed by atoms with van der Waals surface area (Å²) in [5.41, 5.74) is 4.27. The summed E-state index contributed by atoms with van der Waals surface area (Å²) in [4.78, 5) is 15.6. The lowest BCUT2D eigenvalue weighted by atomic mass is 9.99. The Morgan fingerprint density at radius 1 is 0.972 bits per heavy atom. The topological polar surface area (TPSA) is 66.5 Å². The molecule has 7 nitrogen and oxygen atoms in total.